The molecule has 0 aromatic heterocycles. The molecule has 0 aromatic rings. The van der Waals surface area contributed by atoms with E-state index < -0.39 is 0 Å². The predicted molar refractivity (Wildman–Crippen MR) is 80.1 cm³/mol. The average Bonchev–Trinajstić information content (AvgIpc) is 2.45. The summed E-state index contributed by atoms with van der Waals surface area (Å²) in [6.07, 6.45) is 13.7. The highest BCUT2D eigenvalue weighted by Gasteiger charge is 2.50. The van der Waals surface area contributed by atoms with Crippen molar-refractivity contribution in [2.45, 2.75) is 64.2 Å². The standard InChI is InChI=1S/C18H29NO/c20-18(19-11-12-4-2-1-3-5-12)17-15-7-13-6-14(9-15)10-16(17)8-13/h12-17H,1-11H2,(H,19,20). The summed E-state index contributed by atoms with van der Waals surface area (Å²) >= 11 is 0. The van der Waals surface area contributed by atoms with Gasteiger partial charge in [-0.15, -0.1) is 0 Å². The molecule has 5 saturated carbocycles. The van der Waals surface area contributed by atoms with Crippen LogP contribution in [0.4, 0.5) is 0 Å². The van der Waals surface area contributed by atoms with Crippen molar-refractivity contribution in [3.8, 4) is 0 Å². The summed E-state index contributed by atoms with van der Waals surface area (Å²) in [7, 11) is 0. The Balaban J connectivity index is 1.34. The summed E-state index contributed by atoms with van der Waals surface area (Å²) in [5, 5.41) is 3.34. The third kappa shape index (κ3) is 2.40. The molecule has 0 saturated heterocycles. The van der Waals surface area contributed by atoms with Gasteiger partial charge in [-0.3, -0.25) is 4.79 Å². The first-order chi connectivity index (χ1) is 9.79. The van der Waals surface area contributed by atoms with Crippen LogP contribution in [-0.4, -0.2) is 12.5 Å². The molecule has 1 amide bonds. The fourth-order valence-electron chi connectivity index (χ4n) is 6.11. The number of hydrogen-bond acceptors (Lipinski definition) is 1. The van der Waals surface area contributed by atoms with Crippen LogP contribution in [0.5, 0.6) is 0 Å². The minimum Gasteiger partial charge on any atom is -0.356 e. The molecule has 5 aliphatic rings. The van der Waals surface area contributed by atoms with Crippen LogP contribution in [0.1, 0.15) is 64.2 Å². The van der Waals surface area contributed by atoms with Crippen molar-refractivity contribution in [3.63, 3.8) is 0 Å². The van der Waals surface area contributed by atoms with E-state index in [9.17, 15) is 4.79 Å². The minimum atomic E-state index is 0.381. The van der Waals surface area contributed by atoms with E-state index in [0.29, 0.717) is 11.8 Å². The van der Waals surface area contributed by atoms with Crippen molar-refractivity contribution < 1.29 is 4.79 Å². The van der Waals surface area contributed by atoms with E-state index in [1.807, 2.05) is 0 Å². The van der Waals surface area contributed by atoms with Gasteiger partial charge in [0.1, 0.15) is 0 Å². The first-order valence-electron chi connectivity index (χ1n) is 9.07. The maximum absolute atomic E-state index is 12.7. The van der Waals surface area contributed by atoms with Gasteiger partial charge < -0.3 is 5.32 Å². The van der Waals surface area contributed by atoms with Crippen molar-refractivity contribution in [2.75, 3.05) is 6.54 Å². The SMILES string of the molecule is O=C(NCC1CCCCC1)C1C2CC3CC(C2)CC1C3. The fourth-order valence-corrected chi connectivity index (χ4v) is 6.11. The van der Waals surface area contributed by atoms with Gasteiger partial charge in [0, 0.05) is 12.5 Å². The molecule has 1 N–H and O–H groups in total. The molecule has 20 heavy (non-hydrogen) atoms. The highest BCUT2D eigenvalue weighted by Crippen LogP contribution is 2.56. The number of amides is 1. The lowest BCUT2D eigenvalue weighted by Gasteiger charge is -2.53. The molecule has 2 nitrogen and oxygen atoms in total. The molecule has 4 bridgehead atoms. The van der Waals surface area contributed by atoms with Gasteiger partial charge in [0.25, 0.3) is 0 Å². The quantitative estimate of drug-likeness (QED) is 0.835. The maximum Gasteiger partial charge on any atom is 0.223 e. The molecule has 2 heteroatoms. The largest absolute Gasteiger partial charge is 0.356 e. The van der Waals surface area contributed by atoms with E-state index >= 15 is 0 Å². The molecule has 0 atom stereocenters. The molecule has 0 heterocycles. The second-order valence-electron chi connectivity index (χ2n) is 8.21. The van der Waals surface area contributed by atoms with Gasteiger partial charge >= 0.3 is 0 Å². The zero-order chi connectivity index (χ0) is 13.5. The van der Waals surface area contributed by atoms with Crippen molar-refractivity contribution in [1.29, 1.82) is 0 Å². The smallest absolute Gasteiger partial charge is 0.223 e. The number of nitrogens with one attached hydrogen (secondary N) is 1. The van der Waals surface area contributed by atoms with Crippen molar-refractivity contribution in [2.24, 2.45) is 35.5 Å². The third-order valence-electron chi connectivity index (χ3n) is 6.82. The van der Waals surface area contributed by atoms with Crippen molar-refractivity contribution in [3.05, 3.63) is 0 Å². The van der Waals surface area contributed by atoms with Crippen LogP contribution >= 0.6 is 0 Å². The summed E-state index contributed by atoms with van der Waals surface area (Å²) in [5.41, 5.74) is 0. The fraction of sp³-hybridized carbons (Fsp3) is 0.944. The summed E-state index contributed by atoms with van der Waals surface area (Å²) in [6.45, 7) is 0.960. The van der Waals surface area contributed by atoms with Crippen LogP contribution in [0, 0.1) is 35.5 Å². The molecule has 0 aliphatic heterocycles. The molecule has 0 spiro atoms. The third-order valence-corrected chi connectivity index (χ3v) is 6.82. The molecule has 0 aromatic carbocycles. The summed E-state index contributed by atoms with van der Waals surface area (Å²) in [4.78, 5) is 12.7. The Hall–Kier alpha value is -0.530. The van der Waals surface area contributed by atoms with Gasteiger partial charge in [0.05, 0.1) is 0 Å². The van der Waals surface area contributed by atoms with Crippen LogP contribution in [-0.2, 0) is 4.79 Å². The molecule has 5 rings (SSSR count). The van der Waals surface area contributed by atoms with Crippen LogP contribution in [0.2, 0.25) is 0 Å². The van der Waals surface area contributed by atoms with E-state index in [2.05, 4.69) is 5.32 Å². The number of hydrogen-bond donors (Lipinski definition) is 1. The highest BCUT2D eigenvalue weighted by atomic mass is 16.1. The lowest BCUT2D eigenvalue weighted by atomic mass is 9.51. The lowest BCUT2D eigenvalue weighted by molar-refractivity contribution is -0.138. The molecular formula is C18H29NO. The zero-order valence-corrected chi connectivity index (χ0v) is 12.7. The molecule has 112 valence electrons. The Bertz CT molecular complexity index is 344. The first kappa shape index (κ1) is 13.2. The lowest BCUT2D eigenvalue weighted by Crippen LogP contribution is -2.51. The van der Waals surface area contributed by atoms with Crippen molar-refractivity contribution >= 4 is 5.91 Å². The van der Waals surface area contributed by atoms with E-state index in [-0.39, 0.29) is 0 Å². The van der Waals surface area contributed by atoms with Gasteiger partial charge in [-0.2, -0.15) is 0 Å². The second kappa shape index (κ2) is 5.35. The van der Waals surface area contributed by atoms with Gasteiger partial charge in [-0.1, -0.05) is 19.3 Å². The Kier molecular flexibility index (Phi) is 3.52. The summed E-state index contributed by atoms with van der Waals surface area (Å²) < 4.78 is 0. The molecule has 0 unspecified atom stereocenters. The number of carbonyl (C=O) groups excluding carboxylic acids is 1. The van der Waals surface area contributed by atoms with E-state index in [1.165, 1.54) is 64.2 Å². The Morgan fingerprint density at radius 2 is 1.45 bits per heavy atom. The molecular weight excluding hydrogens is 246 g/mol. The van der Waals surface area contributed by atoms with Crippen LogP contribution in [0.15, 0.2) is 0 Å². The van der Waals surface area contributed by atoms with Gasteiger partial charge in [-0.25, -0.2) is 0 Å². The maximum atomic E-state index is 12.7. The molecule has 5 aliphatic carbocycles. The predicted octanol–water partition coefficient (Wildman–Crippen LogP) is 3.76. The van der Waals surface area contributed by atoms with Crippen molar-refractivity contribution in [1.82, 2.24) is 5.32 Å². The second-order valence-corrected chi connectivity index (χ2v) is 8.21. The minimum absolute atomic E-state index is 0.381. The first-order valence-corrected chi connectivity index (χ1v) is 9.07. The monoisotopic (exact) mass is 275 g/mol. The van der Waals surface area contributed by atoms with E-state index in [1.54, 1.807) is 0 Å². The topological polar surface area (TPSA) is 29.1 Å². The Morgan fingerprint density at radius 3 is 2.05 bits per heavy atom. The average molecular weight is 275 g/mol. The molecule has 0 radical (unpaired) electrons. The normalized spacial score (nSPS) is 43.7. The van der Waals surface area contributed by atoms with Crippen LogP contribution in [0.3, 0.4) is 0 Å². The van der Waals surface area contributed by atoms with E-state index in [4.69, 9.17) is 0 Å². The molecule has 5 fully saturated rings. The summed E-state index contributed by atoms with van der Waals surface area (Å²) in [5.74, 6) is 4.98. The van der Waals surface area contributed by atoms with Gasteiger partial charge in [0.2, 0.25) is 5.91 Å². The van der Waals surface area contributed by atoms with Gasteiger partial charge in [0.15, 0.2) is 0 Å². The van der Waals surface area contributed by atoms with Gasteiger partial charge in [-0.05, 0) is 74.5 Å². The Morgan fingerprint density at radius 1 is 0.850 bits per heavy atom. The van der Waals surface area contributed by atoms with Crippen LogP contribution in [0.25, 0.3) is 0 Å². The Labute approximate surface area is 123 Å². The number of rotatable bonds is 3. The van der Waals surface area contributed by atoms with Crippen LogP contribution < -0.4 is 5.32 Å². The summed E-state index contributed by atoms with van der Waals surface area (Å²) in [6, 6.07) is 0. The zero-order valence-electron chi connectivity index (χ0n) is 12.7. The highest BCUT2D eigenvalue weighted by molar-refractivity contribution is 5.79. The number of carbonyl (C=O) groups is 1. The van der Waals surface area contributed by atoms with E-state index in [0.717, 1.165) is 36.1 Å².